The summed E-state index contributed by atoms with van der Waals surface area (Å²) in [5, 5.41) is 0. The molecule has 2 aliphatic heterocycles. The number of hydrogen-bond donors (Lipinski definition) is 0. The number of aryl methyl sites for hydroxylation is 3. The number of nitrogens with zero attached hydrogens (tertiary/aromatic N) is 1. The quantitative estimate of drug-likeness (QED) is 0.131. The van der Waals surface area contributed by atoms with E-state index < -0.39 is 25.1 Å². The smallest absolute Gasteiger partial charge is 0.251 e. The van der Waals surface area contributed by atoms with Crippen LogP contribution in [0, 0.1) is 37.8 Å². The van der Waals surface area contributed by atoms with Crippen LogP contribution in [0.4, 0.5) is 25.8 Å². The van der Waals surface area contributed by atoms with Gasteiger partial charge in [0.05, 0.1) is 0 Å². The van der Waals surface area contributed by atoms with E-state index >= 15 is 8.78 Å². The van der Waals surface area contributed by atoms with E-state index in [1.807, 2.05) is 6.92 Å². The molecule has 6 aliphatic rings. The molecule has 1 saturated carbocycles. The number of hydrogen-bond acceptors (Lipinski definition) is 1. The van der Waals surface area contributed by atoms with Gasteiger partial charge in [-0.3, -0.25) is 0 Å². The Hall–Kier alpha value is -4.11. The number of rotatable bonds is 4. The van der Waals surface area contributed by atoms with Crippen molar-refractivity contribution in [1.82, 2.24) is 0 Å². The Morgan fingerprint density at radius 3 is 1.84 bits per heavy atom. The van der Waals surface area contributed by atoms with E-state index in [0.29, 0.717) is 28.4 Å². The summed E-state index contributed by atoms with van der Waals surface area (Å²) in [6.45, 7) is 30.9. The van der Waals surface area contributed by atoms with Crippen molar-refractivity contribution in [2.45, 2.75) is 131 Å². The van der Waals surface area contributed by atoms with Crippen LogP contribution in [-0.4, -0.2) is 13.4 Å². The van der Waals surface area contributed by atoms with E-state index in [2.05, 4.69) is 130 Å². The molecule has 4 aromatic rings. The van der Waals surface area contributed by atoms with E-state index in [0.717, 1.165) is 55.5 Å². The second-order valence-electron chi connectivity index (χ2n) is 19.8. The van der Waals surface area contributed by atoms with Crippen LogP contribution >= 0.6 is 0 Å². The monoisotopic (exact) mass is 743 g/mol. The van der Waals surface area contributed by atoms with E-state index in [4.69, 9.17) is 6.58 Å². The van der Waals surface area contributed by atoms with E-state index in [-0.39, 0.29) is 16.2 Å². The minimum absolute atomic E-state index is 0.0667. The van der Waals surface area contributed by atoms with Crippen molar-refractivity contribution in [1.29, 1.82) is 0 Å². The van der Waals surface area contributed by atoms with Crippen LogP contribution in [-0.2, 0) is 10.8 Å². The molecule has 2 bridgehead atoms. The SMILES string of the molecule is C=C(B1c2cc3c(cc2N2c4cc5c(cc4B(c4c(C)cc(C)cc4C)c4c(F)cc(F)c1c42)C(C)(C)C(C)(C)C5(C)C)C1CCC3CC1)/C(C)=C\C(C)=C/C. The largest absolute Gasteiger partial charge is 0.312 e. The van der Waals surface area contributed by atoms with Crippen LogP contribution in [0.15, 0.2) is 77.8 Å². The number of fused-ring (bicyclic) bond motifs is 7. The third-order valence-electron chi connectivity index (χ3n) is 16.4. The molecule has 0 atom stereocenters. The third-order valence-corrected chi connectivity index (χ3v) is 16.4. The van der Waals surface area contributed by atoms with Gasteiger partial charge in [0.1, 0.15) is 11.6 Å². The molecule has 56 heavy (non-hydrogen) atoms. The minimum Gasteiger partial charge on any atom is -0.312 e. The summed E-state index contributed by atoms with van der Waals surface area (Å²) in [6, 6.07) is 15.4. The third kappa shape index (κ3) is 4.78. The van der Waals surface area contributed by atoms with Gasteiger partial charge in [0.2, 0.25) is 6.71 Å². The van der Waals surface area contributed by atoms with E-state index in [9.17, 15) is 0 Å². The first-order valence-electron chi connectivity index (χ1n) is 21.1. The van der Waals surface area contributed by atoms with Crippen molar-refractivity contribution >= 4 is 57.8 Å². The lowest BCUT2D eigenvalue weighted by molar-refractivity contribution is 0.125. The summed E-state index contributed by atoms with van der Waals surface area (Å²) in [5.41, 5.74) is 18.8. The van der Waals surface area contributed by atoms with Crippen molar-refractivity contribution in [3.63, 3.8) is 0 Å². The summed E-state index contributed by atoms with van der Waals surface area (Å²) >= 11 is 0. The molecule has 4 aliphatic carbocycles. The predicted molar refractivity (Wildman–Crippen MR) is 237 cm³/mol. The molecule has 2 heterocycles. The van der Waals surface area contributed by atoms with Crippen LogP contribution in [0.2, 0.25) is 0 Å². The maximum Gasteiger partial charge on any atom is 0.251 e. The molecule has 5 heteroatoms. The molecule has 0 spiro atoms. The summed E-state index contributed by atoms with van der Waals surface area (Å²) in [6.07, 6.45) is 9.08. The highest BCUT2D eigenvalue weighted by molar-refractivity contribution is 7.01. The zero-order valence-corrected chi connectivity index (χ0v) is 35.7. The van der Waals surface area contributed by atoms with Crippen LogP contribution in [0.25, 0.3) is 0 Å². The highest BCUT2D eigenvalue weighted by atomic mass is 19.1. The molecule has 0 saturated heterocycles. The van der Waals surface area contributed by atoms with Gasteiger partial charge in [-0.05, 0) is 152 Å². The summed E-state index contributed by atoms with van der Waals surface area (Å²) in [7, 11) is 0. The zero-order chi connectivity index (χ0) is 40.1. The molecule has 0 radical (unpaired) electrons. The average Bonchev–Trinajstić information content (AvgIpc) is 3.24. The van der Waals surface area contributed by atoms with Gasteiger partial charge in [0, 0.05) is 23.1 Å². The van der Waals surface area contributed by atoms with Crippen molar-refractivity contribution < 1.29 is 8.78 Å². The number of allylic oxidation sites excluding steroid dienone is 5. The Bertz CT molecular complexity index is 2460. The Balaban J connectivity index is 1.45. The molecule has 0 unspecified atom stereocenters. The summed E-state index contributed by atoms with van der Waals surface area (Å²) in [5.74, 6) is 0.0522. The molecular formula is C51H57B2F2N. The maximum atomic E-state index is 17.5. The molecular weight excluding hydrogens is 686 g/mol. The molecule has 1 nitrogen and oxygen atoms in total. The van der Waals surface area contributed by atoms with Crippen LogP contribution in [0.1, 0.15) is 139 Å². The lowest BCUT2D eigenvalue weighted by Gasteiger charge is -2.47. The van der Waals surface area contributed by atoms with Gasteiger partial charge in [0.15, 0.2) is 0 Å². The van der Waals surface area contributed by atoms with Crippen molar-refractivity contribution in [2.75, 3.05) is 4.90 Å². The average molecular weight is 744 g/mol. The highest BCUT2D eigenvalue weighted by Crippen LogP contribution is 2.62. The lowest BCUT2D eigenvalue weighted by Crippen LogP contribution is -2.65. The first kappa shape index (κ1) is 37.5. The normalized spacial score (nSPS) is 22.1. The molecule has 0 N–H and O–H groups in total. The fourth-order valence-electron chi connectivity index (χ4n) is 12.2. The van der Waals surface area contributed by atoms with Gasteiger partial charge in [-0.15, -0.1) is 6.58 Å². The molecule has 1 fully saturated rings. The number of benzene rings is 4. The fraction of sp³-hybridized carbons (Fsp3) is 0.412. The second kappa shape index (κ2) is 12.2. The molecule has 0 aromatic heterocycles. The Labute approximate surface area is 335 Å². The number of anilines is 3. The predicted octanol–water partition coefficient (Wildman–Crippen LogP) is 10.5. The van der Waals surface area contributed by atoms with Crippen molar-refractivity contribution in [2.24, 2.45) is 5.41 Å². The topological polar surface area (TPSA) is 3.24 Å². The fourth-order valence-corrected chi connectivity index (χ4v) is 12.2. The van der Waals surface area contributed by atoms with Crippen molar-refractivity contribution in [3.8, 4) is 0 Å². The zero-order valence-electron chi connectivity index (χ0n) is 35.7. The Kier molecular flexibility index (Phi) is 8.16. The van der Waals surface area contributed by atoms with Gasteiger partial charge >= 0.3 is 0 Å². The minimum atomic E-state index is -0.499. The van der Waals surface area contributed by atoms with Crippen LogP contribution in [0.3, 0.4) is 0 Å². The van der Waals surface area contributed by atoms with Gasteiger partial charge < -0.3 is 4.90 Å². The van der Waals surface area contributed by atoms with Crippen LogP contribution < -0.4 is 32.2 Å². The van der Waals surface area contributed by atoms with Gasteiger partial charge in [-0.25, -0.2) is 8.78 Å². The van der Waals surface area contributed by atoms with Crippen LogP contribution in [0.5, 0.6) is 0 Å². The molecule has 4 aromatic carbocycles. The van der Waals surface area contributed by atoms with E-state index in [1.165, 1.54) is 59.6 Å². The molecule has 10 rings (SSSR count). The van der Waals surface area contributed by atoms with E-state index in [1.54, 1.807) is 0 Å². The Morgan fingerprint density at radius 1 is 0.714 bits per heavy atom. The van der Waals surface area contributed by atoms with Crippen molar-refractivity contribution in [3.05, 3.63) is 128 Å². The van der Waals surface area contributed by atoms with Gasteiger partial charge in [0.25, 0.3) is 6.71 Å². The first-order chi connectivity index (χ1) is 26.3. The number of halogens is 2. The maximum absolute atomic E-state index is 17.5. The van der Waals surface area contributed by atoms with Gasteiger partial charge in [-0.2, -0.15) is 0 Å². The summed E-state index contributed by atoms with van der Waals surface area (Å²) < 4.78 is 34.8. The first-order valence-corrected chi connectivity index (χ1v) is 21.1. The highest BCUT2D eigenvalue weighted by Gasteiger charge is 2.58. The standard InChI is InChI=1S/C51H57B2F2N/c1-14-27(2)19-29(4)32(7)52-39-22-35-33-15-17-34(18-16-33)36(35)23-43(39)56-44-25-38-37(49(8,9)51(12,13)50(38,10)11)24-40(44)53(45-30(5)20-28(3)21-31(45)6)47-42(55)26-41(54)46(52)48(47)56/h14,19-26,33-34H,7,15-18H2,1-6,8-13H3/b27-14-,29-19-. The lowest BCUT2D eigenvalue weighted by atomic mass is 9.29. The summed E-state index contributed by atoms with van der Waals surface area (Å²) in [4.78, 5) is 2.31. The van der Waals surface area contributed by atoms with Gasteiger partial charge in [-0.1, -0.05) is 117 Å². The second-order valence-corrected chi connectivity index (χ2v) is 19.8. The molecule has 286 valence electrons. The Morgan fingerprint density at radius 2 is 1.25 bits per heavy atom. The molecule has 0 amide bonds.